The normalized spacial score (nSPS) is 14.6. The van der Waals surface area contributed by atoms with E-state index < -0.39 is 12.1 Å². The molecule has 1 aromatic rings. The number of esters is 1. The highest BCUT2D eigenvalue weighted by atomic mass is 16.5. The first-order valence-corrected chi connectivity index (χ1v) is 5.98. The van der Waals surface area contributed by atoms with Gasteiger partial charge in [-0.25, -0.2) is 4.79 Å². The van der Waals surface area contributed by atoms with Crippen LogP contribution in [-0.2, 0) is 22.6 Å². The number of methoxy groups -OCH3 is 1. The molecule has 1 atom stereocenters. The predicted molar refractivity (Wildman–Crippen MR) is 67.3 cm³/mol. The van der Waals surface area contributed by atoms with E-state index in [1.54, 1.807) is 6.07 Å². The lowest BCUT2D eigenvalue weighted by Gasteiger charge is -2.10. The molecule has 1 heterocycles. The Balaban J connectivity index is 1.95. The molecule has 3 N–H and O–H groups in total. The molecule has 1 aliphatic rings. The van der Waals surface area contributed by atoms with Crippen molar-refractivity contribution in [2.24, 2.45) is 0 Å². The Bertz CT molecular complexity index is 501. The number of aliphatic hydroxyl groups is 1. The summed E-state index contributed by atoms with van der Waals surface area (Å²) in [5, 5.41) is 15.1. The summed E-state index contributed by atoms with van der Waals surface area (Å²) in [5.41, 5.74) is 2.80. The number of amides is 1. The third-order valence-corrected chi connectivity index (χ3v) is 3.03. The number of nitrogens with one attached hydrogen (secondary N) is 2. The van der Waals surface area contributed by atoms with E-state index >= 15 is 0 Å². The molecule has 6 heteroatoms. The number of ether oxygens (including phenoxy) is 1. The molecule has 6 nitrogen and oxygen atoms in total. The topological polar surface area (TPSA) is 87.7 Å². The second kappa shape index (κ2) is 5.81. The van der Waals surface area contributed by atoms with E-state index in [1.807, 2.05) is 12.1 Å². The van der Waals surface area contributed by atoms with Gasteiger partial charge in [-0.15, -0.1) is 0 Å². The lowest BCUT2D eigenvalue weighted by atomic mass is 10.1. The van der Waals surface area contributed by atoms with E-state index in [0.29, 0.717) is 5.56 Å². The highest BCUT2D eigenvalue weighted by molar-refractivity contribution is 5.94. The van der Waals surface area contributed by atoms with E-state index in [2.05, 4.69) is 15.4 Å². The maximum absolute atomic E-state index is 11.9. The smallest absolute Gasteiger partial charge is 0.336 e. The van der Waals surface area contributed by atoms with Crippen LogP contribution in [0.5, 0.6) is 0 Å². The van der Waals surface area contributed by atoms with Crippen LogP contribution in [-0.4, -0.2) is 36.7 Å². The minimum atomic E-state index is -1.34. The van der Waals surface area contributed by atoms with Crippen LogP contribution in [0.1, 0.15) is 21.5 Å². The van der Waals surface area contributed by atoms with E-state index in [0.717, 1.165) is 18.7 Å². The number of rotatable bonds is 4. The molecule has 0 aliphatic carbocycles. The van der Waals surface area contributed by atoms with Crippen molar-refractivity contribution in [1.82, 2.24) is 10.6 Å². The Kier molecular flexibility index (Phi) is 4.13. The number of hydrogen-bond donors (Lipinski definition) is 3. The summed E-state index contributed by atoms with van der Waals surface area (Å²) >= 11 is 0. The third-order valence-electron chi connectivity index (χ3n) is 3.03. The molecule has 19 heavy (non-hydrogen) atoms. The predicted octanol–water partition coefficient (Wildman–Crippen LogP) is -0.447. The molecular formula is C13H16N2O4. The molecule has 0 bridgehead atoms. The van der Waals surface area contributed by atoms with Crippen molar-refractivity contribution in [2.45, 2.75) is 19.2 Å². The molecule has 102 valence electrons. The number of hydrogen-bond acceptors (Lipinski definition) is 5. The highest BCUT2D eigenvalue weighted by Crippen LogP contribution is 2.16. The molecule has 0 fully saturated rings. The largest absolute Gasteiger partial charge is 0.467 e. The van der Waals surface area contributed by atoms with Crippen molar-refractivity contribution in [3.8, 4) is 0 Å². The summed E-state index contributed by atoms with van der Waals surface area (Å²) in [6.07, 6.45) is -1.34. The molecule has 2 rings (SSSR count). The van der Waals surface area contributed by atoms with Crippen LogP contribution in [0.15, 0.2) is 18.2 Å². The first kappa shape index (κ1) is 13.5. The fourth-order valence-electron chi connectivity index (χ4n) is 1.95. The van der Waals surface area contributed by atoms with Gasteiger partial charge in [-0.2, -0.15) is 0 Å². The number of aliphatic hydroxyl groups excluding tert-OH is 1. The summed E-state index contributed by atoms with van der Waals surface area (Å²) in [7, 11) is 1.18. The quantitative estimate of drug-likeness (QED) is 0.641. The summed E-state index contributed by atoms with van der Waals surface area (Å²) in [5.74, 6) is -1.09. The SMILES string of the molecule is COC(=O)C(O)CNC(=O)c1ccc2c(c1)CNC2. The number of fused-ring (bicyclic) bond motifs is 1. The van der Waals surface area contributed by atoms with Gasteiger partial charge in [-0.05, 0) is 23.3 Å². The maximum Gasteiger partial charge on any atom is 0.336 e. The zero-order valence-corrected chi connectivity index (χ0v) is 10.6. The van der Waals surface area contributed by atoms with Gasteiger partial charge in [0.05, 0.1) is 13.7 Å². The van der Waals surface area contributed by atoms with Crippen molar-refractivity contribution in [2.75, 3.05) is 13.7 Å². The first-order chi connectivity index (χ1) is 9.11. The van der Waals surface area contributed by atoms with Crippen molar-refractivity contribution in [3.05, 3.63) is 34.9 Å². The fourth-order valence-corrected chi connectivity index (χ4v) is 1.95. The molecule has 1 aliphatic heterocycles. The van der Waals surface area contributed by atoms with Crippen LogP contribution >= 0.6 is 0 Å². The average Bonchev–Trinajstić information content (AvgIpc) is 2.90. The van der Waals surface area contributed by atoms with Crippen LogP contribution in [0.2, 0.25) is 0 Å². The minimum absolute atomic E-state index is 0.166. The molecule has 1 unspecified atom stereocenters. The standard InChI is InChI=1S/C13H16N2O4/c1-19-13(18)11(16)7-15-12(17)8-2-3-9-5-14-6-10(9)4-8/h2-4,11,14,16H,5-7H2,1H3,(H,15,17). The zero-order chi connectivity index (χ0) is 13.8. The van der Waals surface area contributed by atoms with Crippen molar-refractivity contribution >= 4 is 11.9 Å². The molecule has 0 saturated carbocycles. The van der Waals surface area contributed by atoms with Gasteiger partial charge in [0, 0.05) is 18.7 Å². The Morgan fingerprint density at radius 2 is 2.16 bits per heavy atom. The van der Waals surface area contributed by atoms with Crippen molar-refractivity contribution < 1.29 is 19.4 Å². The van der Waals surface area contributed by atoms with Gasteiger partial charge in [-0.3, -0.25) is 4.79 Å². The summed E-state index contributed by atoms with van der Waals surface area (Å²) in [4.78, 5) is 22.8. The van der Waals surface area contributed by atoms with Gasteiger partial charge < -0.3 is 20.5 Å². The fraction of sp³-hybridized carbons (Fsp3) is 0.385. The molecule has 0 aromatic heterocycles. The first-order valence-electron chi connectivity index (χ1n) is 5.98. The third kappa shape index (κ3) is 3.10. The van der Waals surface area contributed by atoms with E-state index in [9.17, 15) is 14.7 Å². The van der Waals surface area contributed by atoms with Gasteiger partial charge in [0.25, 0.3) is 5.91 Å². The number of carbonyl (C=O) groups is 2. The van der Waals surface area contributed by atoms with Crippen LogP contribution in [0, 0.1) is 0 Å². The second-order valence-corrected chi connectivity index (χ2v) is 4.34. The molecule has 0 saturated heterocycles. The average molecular weight is 264 g/mol. The second-order valence-electron chi connectivity index (χ2n) is 4.34. The molecule has 1 aromatic carbocycles. The Morgan fingerprint density at radius 1 is 1.42 bits per heavy atom. The van der Waals surface area contributed by atoms with Gasteiger partial charge in [0.2, 0.25) is 0 Å². The van der Waals surface area contributed by atoms with Gasteiger partial charge in [0.15, 0.2) is 6.10 Å². The summed E-state index contributed by atoms with van der Waals surface area (Å²) in [6.45, 7) is 1.40. The summed E-state index contributed by atoms with van der Waals surface area (Å²) < 4.78 is 4.36. The Hall–Kier alpha value is -1.92. The lowest BCUT2D eigenvalue weighted by molar-refractivity contribution is -0.149. The molecule has 0 spiro atoms. The van der Waals surface area contributed by atoms with Gasteiger partial charge >= 0.3 is 5.97 Å². The van der Waals surface area contributed by atoms with Crippen molar-refractivity contribution in [1.29, 1.82) is 0 Å². The van der Waals surface area contributed by atoms with E-state index in [4.69, 9.17) is 0 Å². The lowest BCUT2D eigenvalue weighted by Crippen LogP contribution is -2.37. The van der Waals surface area contributed by atoms with Crippen LogP contribution < -0.4 is 10.6 Å². The van der Waals surface area contributed by atoms with E-state index in [-0.39, 0.29) is 12.5 Å². The van der Waals surface area contributed by atoms with Crippen LogP contribution in [0.25, 0.3) is 0 Å². The maximum atomic E-state index is 11.9. The van der Waals surface area contributed by atoms with Crippen LogP contribution in [0.4, 0.5) is 0 Å². The van der Waals surface area contributed by atoms with Gasteiger partial charge in [-0.1, -0.05) is 6.07 Å². The van der Waals surface area contributed by atoms with E-state index in [1.165, 1.54) is 12.7 Å². The van der Waals surface area contributed by atoms with Gasteiger partial charge in [0.1, 0.15) is 0 Å². The highest BCUT2D eigenvalue weighted by Gasteiger charge is 2.18. The molecular weight excluding hydrogens is 248 g/mol. The number of carbonyl (C=O) groups excluding carboxylic acids is 2. The zero-order valence-electron chi connectivity index (χ0n) is 10.6. The minimum Gasteiger partial charge on any atom is -0.467 e. The molecule has 1 amide bonds. The number of benzene rings is 1. The Morgan fingerprint density at radius 3 is 2.89 bits per heavy atom. The summed E-state index contributed by atoms with van der Waals surface area (Å²) in [6, 6.07) is 5.45. The molecule has 0 radical (unpaired) electrons. The van der Waals surface area contributed by atoms with Crippen molar-refractivity contribution in [3.63, 3.8) is 0 Å². The Labute approximate surface area is 110 Å². The van der Waals surface area contributed by atoms with Crippen LogP contribution in [0.3, 0.4) is 0 Å². The monoisotopic (exact) mass is 264 g/mol.